The number of ether oxygens (including phenoxy) is 3. The van der Waals surface area contributed by atoms with E-state index in [1.807, 2.05) is 0 Å². The van der Waals surface area contributed by atoms with Gasteiger partial charge >= 0.3 is 38.5 Å². The molecule has 0 atom stereocenters. The quantitative estimate of drug-likeness (QED) is 0.111. The number of rotatable bonds is 13. The number of hydrogen-bond donors (Lipinski definition) is 0. The molecule has 0 aliphatic carbocycles. The second-order valence-electron chi connectivity index (χ2n) is 11.4. The molecule has 0 N–H and O–H groups in total. The molecule has 55 heavy (non-hydrogen) atoms. The summed E-state index contributed by atoms with van der Waals surface area (Å²) in [5.41, 5.74) is -4.33. The number of nitrogens with zero attached hydrogens (tertiary/aromatic N) is 1. The van der Waals surface area contributed by atoms with E-state index >= 15 is 0 Å². The van der Waals surface area contributed by atoms with Gasteiger partial charge in [-0.1, -0.05) is 42.5 Å². The molecule has 0 aliphatic rings. The predicted molar refractivity (Wildman–Crippen MR) is 186 cm³/mol. The average molecular weight is 842 g/mol. The third-order valence-electron chi connectivity index (χ3n) is 7.16. The van der Waals surface area contributed by atoms with Crippen LogP contribution in [0.3, 0.4) is 0 Å². The maximum atomic E-state index is 14.5. The Kier molecular flexibility index (Phi) is 12.0. The summed E-state index contributed by atoms with van der Waals surface area (Å²) in [5, 5.41) is 0. The van der Waals surface area contributed by atoms with Gasteiger partial charge in [-0.2, -0.15) is 47.5 Å². The second kappa shape index (κ2) is 15.5. The van der Waals surface area contributed by atoms with Crippen LogP contribution < -0.4 is 26.9 Å². The zero-order valence-corrected chi connectivity index (χ0v) is 31.4. The van der Waals surface area contributed by atoms with Crippen LogP contribution in [-0.2, 0) is 47.8 Å². The number of alkyl halides is 6. The highest BCUT2D eigenvalue weighted by Crippen LogP contribution is 2.53. The van der Waals surface area contributed by atoms with Gasteiger partial charge < -0.3 is 22.6 Å². The van der Waals surface area contributed by atoms with Crippen LogP contribution in [-0.4, -0.2) is 70.3 Å². The fourth-order valence-corrected chi connectivity index (χ4v) is 6.95. The molecule has 13 nitrogen and oxygen atoms in total. The normalized spacial score (nSPS) is 12.5. The fraction of sp³-hybridized carbons (Fsp3) is 0.242. The lowest BCUT2D eigenvalue weighted by molar-refractivity contribution is -0.169. The first-order valence-electron chi connectivity index (χ1n) is 15.0. The average Bonchev–Trinajstić information content (AvgIpc) is 3.05. The predicted octanol–water partition coefficient (Wildman–Crippen LogP) is 6.17. The first-order valence-corrected chi connectivity index (χ1v) is 20.5. The van der Waals surface area contributed by atoms with Crippen molar-refractivity contribution in [3.63, 3.8) is 0 Å². The number of carbonyl (C=O) groups is 1. The lowest BCUT2D eigenvalue weighted by atomic mass is 9.95. The minimum Gasteiger partial charge on any atom is -0.496 e. The molecule has 0 spiro atoms. The Morgan fingerprint density at radius 1 is 0.673 bits per heavy atom. The summed E-state index contributed by atoms with van der Waals surface area (Å²) < 4.78 is 184. The molecule has 4 aromatic rings. The second-order valence-corrected chi connectivity index (χ2v) is 16.4. The molecule has 4 aromatic carbocycles. The number of anilines is 1. The maximum absolute atomic E-state index is 14.5. The summed E-state index contributed by atoms with van der Waals surface area (Å²) in [6.45, 7) is -0.0421. The highest BCUT2D eigenvalue weighted by molar-refractivity contribution is 7.92. The van der Waals surface area contributed by atoms with Crippen molar-refractivity contribution in [2.45, 2.75) is 19.0 Å². The van der Waals surface area contributed by atoms with E-state index in [2.05, 4.69) is 0 Å². The van der Waals surface area contributed by atoms with Crippen molar-refractivity contribution >= 4 is 41.9 Å². The van der Waals surface area contributed by atoms with Crippen LogP contribution in [0.15, 0.2) is 72.8 Å². The lowest BCUT2D eigenvalue weighted by Crippen LogP contribution is -2.45. The molecule has 0 unspecified atom stereocenters. The molecule has 1 amide bonds. The van der Waals surface area contributed by atoms with Crippen molar-refractivity contribution in [3.05, 3.63) is 83.9 Å². The van der Waals surface area contributed by atoms with Gasteiger partial charge in [-0.15, -0.1) is 0 Å². The number of methoxy groups -OCH3 is 2. The SMILES string of the molecule is COc1cc(-c2ccc(N(C(=O)C(F)(F)F)S(C)(=O)=O)c(C(F)(F)F)c2)c(OC)c(OS(C)(=O)=O)c1-c1ccc(OCc2ccccc2)c(OS(C)(=O)=O)c1. The van der Waals surface area contributed by atoms with Gasteiger partial charge in [-0.05, 0) is 47.0 Å². The lowest BCUT2D eigenvalue weighted by Gasteiger charge is -2.26. The summed E-state index contributed by atoms with van der Waals surface area (Å²) in [5.74, 6) is -5.25. The van der Waals surface area contributed by atoms with E-state index < -0.39 is 86.7 Å². The van der Waals surface area contributed by atoms with E-state index in [0.717, 1.165) is 32.6 Å². The van der Waals surface area contributed by atoms with Crippen LogP contribution in [0.2, 0.25) is 0 Å². The van der Waals surface area contributed by atoms with Crippen LogP contribution in [0.1, 0.15) is 11.1 Å². The molecule has 0 bridgehead atoms. The number of benzene rings is 4. The summed E-state index contributed by atoms with van der Waals surface area (Å²) in [6, 6.07) is 14.6. The Hall–Kier alpha value is -5.22. The zero-order valence-electron chi connectivity index (χ0n) is 29.0. The van der Waals surface area contributed by atoms with Crippen LogP contribution in [0.4, 0.5) is 32.0 Å². The van der Waals surface area contributed by atoms with Gasteiger partial charge in [0.05, 0.1) is 49.8 Å². The number of halogens is 6. The van der Waals surface area contributed by atoms with Gasteiger partial charge in [-0.3, -0.25) is 4.79 Å². The van der Waals surface area contributed by atoms with Crippen molar-refractivity contribution in [1.82, 2.24) is 0 Å². The first kappa shape index (κ1) is 42.5. The van der Waals surface area contributed by atoms with Crippen molar-refractivity contribution in [3.8, 4) is 51.0 Å². The molecule has 22 heteroatoms. The third kappa shape index (κ3) is 10.3. The topological polar surface area (TPSA) is 169 Å². The van der Waals surface area contributed by atoms with Gasteiger partial charge in [-0.25, -0.2) is 8.42 Å². The van der Waals surface area contributed by atoms with Gasteiger partial charge in [0.1, 0.15) is 12.4 Å². The fourth-order valence-electron chi connectivity index (χ4n) is 5.11. The Balaban J connectivity index is 2.03. The molecule has 0 heterocycles. The Bertz CT molecular complexity index is 2440. The van der Waals surface area contributed by atoms with Gasteiger partial charge in [0.2, 0.25) is 10.0 Å². The molecule has 0 fully saturated rings. The maximum Gasteiger partial charge on any atom is 0.472 e. The number of hydrogen-bond acceptors (Lipinski definition) is 12. The van der Waals surface area contributed by atoms with Crippen molar-refractivity contribution in [2.24, 2.45) is 0 Å². The smallest absolute Gasteiger partial charge is 0.472 e. The van der Waals surface area contributed by atoms with Crippen molar-refractivity contribution in [2.75, 3.05) is 37.3 Å². The van der Waals surface area contributed by atoms with E-state index in [-0.39, 0.29) is 47.3 Å². The van der Waals surface area contributed by atoms with Gasteiger partial charge in [0.25, 0.3) is 0 Å². The molecule has 0 aliphatic heterocycles. The van der Waals surface area contributed by atoms with Gasteiger partial charge in [0, 0.05) is 5.56 Å². The standard InChI is InChI=1S/C33H29F6NO12S3/c1-48-27-17-22(20-11-13-24(23(15-20)32(34,35)36)40(53(3,42)43)31(41)33(37,38)39)29(49-2)30(52-55(5,46)47)28(27)21-12-14-25(26(16-21)51-54(4,44)45)50-18-19-9-7-6-8-10-19/h6-17H,18H2,1-5H3. The monoisotopic (exact) mass is 841 g/mol. The van der Waals surface area contributed by atoms with E-state index in [0.29, 0.717) is 24.0 Å². The van der Waals surface area contributed by atoms with Crippen LogP contribution in [0, 0.1) is 0 Å². The molecule has 4 rings (SSSR count). The van der Waals surface area contributed by atoms with E-state index in [1.165, 1.54) is 12.1 Å². The van der Waals surface area contributed by atoms with E-state index in [1.54, 1.807) is 30.3 Å². The van der Waals surface area contributed by atoms with Crippen molar-refractivity contribution in [1.29, 1.82) is 0 Å². The Labute approximate surface area is 311 Å². The van der Waals surface area contributed by atoms with Crippen molar-refractivity contribution < 1.29 is 79.0 Å². The van der Waals surface area contributed by atoms with Gasteiger partial charge in [0.15, 0.2) is 23.0 Å². The van der Waals surface area contributed by atoms with Crippen LogP contribution in [0.5, 0.6) is 28.7 Å². The Morgan fingerprint density at radius 3 is 1.78 bits per heavy atom. The minimum atomic E-state index is -5.91. The summed E-state index contributed by atoms with van der Waals surface area (Å²) in [6.07, 6.45) is -10.0. The molecule has 0 saturated heterocycles. The highest BCUT2D eigenvalue weighted by Gasteiger charge is 2.49. The number of carbonyl (C=O) groups excluding carboxylic acids is 1. The summed E-state index contributed by atoms with van der Waals surface area (Å²) in [7, 11) is -12.0. The molecular formula is C33H29F6NO12S3. The highest BCUT2D eigenvalue weighted by atomic mass is 32.2. The number of sulfonamides is 1. The van der Waals surface area contributed by atoms with Crippen LogP contribution in [0.25, 0.3) is 22.3 Å². The number of amides is 1. The minimum absolute atomic E-state index is 0.0421. The largest absolute Gasteiger partial charge is 0.496 e. The van der Waals surface area contributed by atoms with Crippen LogP contribution >= 0.6 is 0 Å². The summed E-state index contributed by atoms with van der Waals surface area (Å²) >= 11 is 0. The molecule has 298 valence electrons. The van der Waals surface area contributed by atoms with E-state index in [4.69, 9.17) is 22.6 Å². The molecule has 0 radical (unpaired) electrons. The summed E-state index contributed by atoms with van der Waals surface area (Å²) in [4.78, 5) is 12.1. The first-order chi connectivity index (χ1) is 25.2. The zero-order chi connectivity index (χ0) is 41.3. The third-order valence-corrected chi connectivity index (χ3v) is 9.14. The van der Waals surface area contributed by atoms with E-state index in [9.17, 15) is 56.4 Å². The molecule has 0 aromatic heterocycles. The Morgan fingerprint density at radius 2 is 1.27 bits per heavy atom. The molecular weight excluding hydrogens is 813 g/mol. The molecule has 0 saturated carbocycles.